The molecule has 0 aliphatic heterocycles. The van der Waals surface area contributed by atoms with E-state index < -0.39 is 18.1 Å². The van der Waals surface area contributed by atoms with Crippen LogP contribution < -0.4 is 10.6 Å². The van der Waals surface area contributed by atoms with Gasteiger partial charge in [-0.15, -0.1) is 0 Å². The van der Waals surface area contributed by atoms with E-state index in [1.165, 1.54) is 0 Å². The van der Waals surface area contributed by atoms with Crippen molar-refractivity contribution < 1.29 is 14.7 Å². The molecule has 1 aliphatic rings. The minimum absolute atomic E-state index is 0.0196. The van der Waals surface area contributed by atoms with Crippen LogP contribution in [0.25, 0.3) is 11.3 Å². The largest absolute Gasteiger partial charge is 0.383 e. The van der Waals surface area contributed by atoms with E-state index >= 15 is 0 Å². The number of nitrogens with one attached hydrogen (secondary N) is 3. The zero-order chi connectivity index (χ0) is 20.6. The second-order valence-electron chi connectivity index (χ2n) is 7.71. The third-order valence-electron chi connectivity index (χ3n) is 5.49. The van der Waals surface area contributed by atoms with Crippen LogP contribution in [0.2, 0.25) is 0 Å². The van der Waals surface area contributed by atoms with Gasteiger partial charge in [0.15, 0.2) is 5.82 Å². The number of aliphatic hydroxyl groups excluding tert-OH is 1. The highest BCUT2D eigenvalue weighted by Gasteiger charge is 2.30. The number of benzene rings is 1. The summed E-state index contributed by atoms with van der Waals surface area (Å²) in [6.45, 7) is 1.95. The maximum atomic E-state index is 12.7. The fourth-order valence-electron chi connectivity index (χ4n) is 3.84. The van der Waals surface area contributed by atoms with Gasteiger partial charge in [-0.3, -0.25) is 14.7 Å². The van der Waals surface area contributed by atoms with Crippen molar-refractivity contribution in [3.05, 3.63) is 36.4 Å². The average Bonchev–Trinajstić information content (AvgIpc) is 3.22. The summed E-state index contributed by atoms with van der Waals surface area (Å²) in [5.74, 6) is -0.412. The Labute approximate surface area is 171 Å². The van der Waals surface area contributed by atoms with E-state index in [4.69, 9.17) is 0 Å². The number of anilines is 1. The maximum Gasteiger partial charge on any atom is 0.249 e. The van der Waals surface area contributed by atoms with E-state index in [0.717, 1.165) is 49.8 Å². The van der Waals surface area contributed by atoms with Crippen LogP contribution in [0.5, 0.6) is 0 Å². The molecule has 1 fully saturated rings. The molecule has 4 N–H and O–H groups in total. The molecule has 29 heavy (non-hydrogen) atoms. The van der Waals surface area contributed by atoms with E-state index in [1.807, 2.05) is 37.3 Å². The minimum Gasteiger partial charge on any atom is -0.383 e. The van der Waals surface area contributed by atoms with Crippen molar-refractivity contribution in [1.29, 1.82) is 0 Å². The Morgan fingerprint density at radius 3 is 2.59 bits per heavy atom. The lowest BCUT2D eigenvalue weighted by molar-refractivity contribution is -0.135. The molecule has 2 atom stereocenters. The van der Waals surface area contributed by atoms with Gasteiger partial charge >= 0.3 is 0 Å². The highest BCUT2D eigenvalue weighted by Crippen LogP contribution is 2.26. The number of aliphatic hydroxyl groups is 1. The van der Waals surface area contributed by atoms with Crippen LogP contribution in [0, 0.1) is 5.92 Å². The van der Waals surface area contributed by atoms with Gasteiger partial charge in [-0.25, -0.2) is 0 Å². The molecule has 0 bridgehead atoms. The Morgan fingerprint density at radius 2 is 1.90 bits per heavy atom. The van der Waals surface area contributed by atoms with Crippen molar-refractivity contribution in [3.63, 3.8) is 0 Å². The van der Waals surface area contributed by atoms with Crippen molar-refractivity contribution in [2.75, 3.05) is 5.32 Å². The molecule has 0 spiro atoms. The lowest BCUT2D eigenvalue weighted by atomic mass is 9.85. The first-order valence-corrected chi connectivity index (χ1v) is 10.5. The van der Waals surface area contributed by atoms with Gasteiger partial charge in [-0.2, -0.15) is 5.10 Å². The number of aromatic amines is 1. The maximum absolute atomic E-state index is 12.7. The van der Waals surface area contributed by atoms with Crippen molar-refractivity contribution in [2.45, 2.75) is 64.0 Å². The molecule has 1 heterocycles. The fourth-order valence-corrected chi connectivity index (χ4v) is 3.84. The summed E-state index contributed by atoms with van der Waals surface area (Å²) in [6.07, 6.45) is 5.10. The number of hydrogen-bond donors (Lipinski definition) is 4. The Bertz CT molecular complexity index is 799. The Morgan fingerprint density at radius 1 is 1.17 bits per heavy atom. The van der Waals surface area contributed by atoms with Crippen molar-refractivity contribution in [3.8, 4) is 11.3 Å². The topological polar surface area (TPSA) is 107 Å². The number of aromatic nitrogens is 2. The SMILES string of the molecule is CCCC(NC(=O)C(O)C1CCCCC1)C(=O)Nc1cc(-c2ccccc2)[nH]n1. The van der Waals surface area contributed by atoms with Crippen LogP contribution in [-0.2, 0) is 9.59 Å². The van der Waals surface area contributed by atoms with Crippen LogP contribution in [0.3, 0.4) is 0 Å². The number of H-pyrrole nitrogens is 1. The second-order valence-corrected chi connectivity index (χ2v) is 7.71. The molecule has 1 saturated carbocycles. The third-order valence-corrected chi connectivity index (χ3v) is 5.49. The lowest BCUT2D eigenvalue weighted by Crippen LogP contribution is -2.49. The Hall–Kier alpha value is -2.67. The van der Waals surface area contributed by atoms with Crippen LogP contribution in [0.4, 0.5) is 5.82 Å². The molecule has 0 saturated heterocycles. The van der Waals surface area contributed by atoms with E-state index in [0.29, 0.717) is 12.2 Å². The summed E-state index contributed by atoms with van der Waals surface area (Å²) in [4.78, 5) is 25.2. The molecule has 2 aromatic rings. The van der Waals surface area contributed by atoms with Gasteiger partial charge in [0.05, 0.1) is 5.69 Å². The Kier molecular flexibility index (Phi) is 7.41. The highest BCUT2D eigenvalue weighted by molar-refractivity contribution is 5.97. The molecule has 7 heteroatoms. The summed E-state index contributed by atoms with van der Waals surface area (Å²) < 4.78 is 0. The number of hydrogen-bond acceptors (Lipinski definition) is 4. The van der Waals surface area contributed by atoms with E-state index in [-0.39, 0.29) is 11.8 Å². The molecule has 3 rings (SSSR count). The zero-order valence-corrected chi connectivity index (χ0v) is 16.9. The lowest BCUT2D eigenvalue weighted by Gasteiger charge is -2.27. The molecular weight excluding hydrogens is 368 g/mol. The molecule has 1 aromatic heterocycles. The molecule has 0 radical (unpaired) electrons. The number of amides is 2. The molecule has 156 valence electrons. The van der Waals surface area contributed by atoms with E-state index in [1.54, 1.807) is 6.07 Å². The smallest absolute Gasteiger partial charge is 0.249 e. The van der Waals surface area contributed by atoms with Crippen molar-refractivity contribution in [2.24, 2.45) is 5.92 Å². The molecule has 7 nitrogen and oxygen atoms in total. The number of carbonyl (C=O) groups excluding carboxylic acids is 2. The predicted molar refractivity (Wildman–Crippen MR) is 112 cm³/mol. The first kappa shape index (κ1) is 21.0. The standard InChI is InChI=1S/C22H30N4O3/c1-2-9-17(23-22(29)20(27)16-12-7-4-8-13-16)21(28)24-19-14-18(25-26-19)15-10-5-3-6-11-15/h3,5-6,10-11,14,16-17,20,27H,2,4,7-9,12-13H2,1H3,(H,23,29)(H2,24,25,26,28). The molecule has 2 unspecified atom stereocenters. The summed E-state index contributed by atoms with van der Waals surface area (Å²) in [5, 5.41) is 22.9. The summed E-state index contributed by atoms with van der Waals surface area (Å²) in [5.41, 5.74) is 1.76. The first-order valence-electron chi connectivity index (χ1n) is 10.5. The summed E-state index contributed by atoms with van der Waals surface area (Å²) >= 11 is 0. The quantitative estimate of drug-likeness (QED) is 0.547. The molecule has 1 aliphatic carbocycles. The van der Waals surface area contributed by atoms with Crippen LogP contribution in [0.15, 0.2) is 36.4 Å². The summed E-state index contributed by atoms with van der Waals surface area (Å²) in [6, 6.07) is 10.7. The van der Waals surface area contributed by atoms with Gasteiger partial charge in [-0.1, -0.05) is 62.9 Å². The summed E-state index contributed by atoms with van der Waals surface area (Å²) in [7, 11) is 0. The number of nitrogens with zero attached hydrogens (tertiary/aromatic N) is 1. The monoisotopic (exact) mass is 398 g/mol. The predicted octanol–water partition coefficient (Wildman–Crippen LogP) is 3.24. The zero-order valence-electron chi connectivity index (χ0n) is 16.9. The van der Waals surface area contributed by atoms with Gasteiger partial charge in [0, 0.05) is 6.07 Å². The van der Waals surface area contributed by atoms with Crippen molar-refractivity contribution >= 4 is 17.6 Å². The Balaban J connectivity index is 1.60. The molecular formula is C22H30N4O3. The van der Waals surface area contributed by atoms with Gasteiger partial charge in [0.1, 0.15) is 12.1 Å². The van der Waals surface area contributed by atoms with E-state index in [9.17, 15) is 14.7 Å². The van der Waals surface area contributed by atoms with Crippen LogP contribution >= 0.6 is 0 Å². The third kappa shape index (κ3) is 5.67. The van der Waals surface area contributed by atoms with Gasteiger partial charge in [0.25, 0.3) is 0 Å². The minimum atomic E-state index is -1.06. The normalized spacial score (nSPS) is 16.8. The van der Waals surface area contributed by atoms with Crippen LogP contribution in [0.1, 0.15) is 51.9 Å². The second kappa shape index (κ2) is 10.2. The van der Waals surface area contributed by atoms with Gasteiger partial charge < -0.3 is 15.7 Å². The van der Waals surface area contributed by atoms with E-state index in [2.05, 4.69) is 20.8 Å². The highest BCUT2D eigenvalue weighted by atomic mass is 16.3. The van der Waals surface area contributed by atoms with Gasteiger partial charge in [0.2, 0.25) is 11.8 Å². The molecule has 1 aromatic carbocycles. The number of rotatable bonds is 8. The molecule has 2 amide bonds. The van der Waals surface area contributed by atoms with Crippen molar-refractivity contribution in [1.82, 2.24) is 15.5 Å². The van der Waals surface area contributed by atoms with Gasteiger partial charge in [-0.05, 0) is 30.7 Å². The first-order chi connectivity index (χ1) is 14.1. The number of carbonyl (C=O) groups is 2. The fraction of sp³-hybridized carbons (Fsp3) is 0.500. The average molecular weight is 399 g/mol. The van der Waals surface area contributed by atoms with Crippen LogP contribution in [-0.4, -0.2) is 39.3 Å².